The van der Waals surface area contributed by atoms with E-state index < -0.39 is 28.5 Å². The first-order chi connectivity index (χ1) is 18.7. The standard InChI is InChI=1S/C29H34BrN3O5S/c1-4-5-18-31-29(35)22(2)32(20-23-12-11-13-24(30)19-23)28(34)21-33(26-16-9-10-17-27(26)38-3)39(36,37)25-14-7-6-8-15-25/h6-17,19,22H,4-5,18,20-21H2,1-3H3,(H,31,35)/t22-/m1/s1. The number of carbonyl (C=O) groups excluding carboxylic acids is 2. The highest BCUT2D eigenvalue weighted by Gasteiger charge is 2.33. The van der Waals surface area contributed by atoms with Crippen molar-refractivity contribution in [3.05, 3.63) is 88.9 Å². The molecule has 0 bridgehead atoms. The lowest BCUT2D eigenvalue weighted by Gasteiger charge is -2.32. The molecule has 3 aromatic carbocycles. The van der Waals surface area contributed by atoms with E-state index in [2.05, 4.69) is 21.2 Å². The summed E-state index contributed by atoms with van der Waals surface area (Å²) >= 11 is 3.45. The smallest absolute Gasteiger partial charge is 0.264 e. The molecule has 0 aromatic heterocycles. The Morgan fingerprint density at radius 3 is 2.36 bits per heavy atom. The number of unbranched alkanes of at least 4 members (excludes halogenated alkanes) is 1. The number of carbonyl (C=O) groups is 2. The second kappa shape index (κ2) is 14.1. The number of nitrogens with one attached hydrogen (secondary N) is 1. The maximum Gasteiger partial charge on any atom is 0.264 e. The van der Waals surface area contributed by atoms with Gasteiger partial charge in [-0.1, -0.05) is 71.7 Å². The summed E-state index contributed by atoms with van der Waals surface area (Å²) in [5.74, 6) is -0.534. The van der Waals surface area contributed by atoms with Gasteiger partial charge in [-0.3, -0.25) is 13.9 Å². The lowest BCUT2D eigenvalue weighted by atomic mass is 10.1. The average Bonchev–Trinajstić information content (AvgIpc) is 2.94. The summed E-state index contributed by atoms with van der Waals surface area (Å²) in [6.07, 6.45) is 1.73. The van der Waals surface area contributed by atoms with E-state index in [4.69, 9.17) is 4.74 Å². The molecule has 0 fully saturated rings. The van der Waals surface area contributed by atoms with Crippen molar-refractivity contribution in [2.75, 3.05) is 24.5 Å². The van der Waals surface area contributed by atoms with Crippen molar-refractivity contribution in [1.82, 2.24) is 10.2 Å². The summed E-state index contributed by atoms with van der Waals surface area (Å²) in [6, 6.07) is 21.1. The quantitative estimate of drug-likeness (QED) is 0.273. The van der Waals surface area contributed by atoms with Gasteiger partial charge in [0.1, 0.15) is 18.3 Å². The predicted molar refractivity (Wildman–Crippen MR) is 156 cm³/mol. The fraction of sp³-hybridized carbons (Fsp3) is 0.310. The predicted octanol–water partition coefficient (Wildman–Crippen LogP) is 4.99. The summed E-state index contributed by atoms with van der Waals surface area (Å²) < 4.78 is 35.0. The van der Waals surface area contributed by atoms with Gasteiger partial charge < -0.3 is 15.0 Å². The lowest BCUT2D eigenvalue weighted by molar-refractivity contribution is -0.139. The molecule has 3 rings (SSSR count). The summed E-state index contributed by atoms with van der Waals surface area (Å²) in [7, 11) is -2.72. The molecule has 8 nitrogen and oxygen atoms in total. The Morgan fingerprint density at radius 1 is 1.00 bits per heavy atom. The number of rotatable bonds is 13. The molecule has 0 saturated heterocycles. The Morgan fingerprint density at radius 2 is 1.69 bits per heavy atom. The summed E-state index contributed by atoms with van der Waals surface area (Å²) in [5.41, 5.74) is 1.01. The maximum atomic E-state index is 14.0. The van der Waals surface area contributed by atoms with Crippen LogP contribution in [-0.4, -0.2) is 51.4 Å². The van der Waals surface area contributed by atoms with Crippen LogP contribution in [0.15, 0.2) is 88.2 Å². The zero-order chi connectivity index (χ0) is 28.4. The molecule has 0 aliphatic heterocycles. The summed E-state index contributed by atoms with van der Waals surface area (Å²) in [5, 5.41) is 2.88. The molecule has 0 aliphatic rings. The minimum absolute atomic E-state index is 0.0348. The molecular formula is C29H34BrN3O5S. The first-order valence-electron chi connectivity index (χ1n) is 12.7. The van der Waals surface area contributed by atoms with E-state index in [1.807, 2.05) is 31.2 Å². The van der Waals surface area contributed by atoms with Gasteiger partial charge in [-0.05, 0) is 55.3 Å². The molecule has 39 heavy (non-hydrogen) atoms. The molecule has 3 aromatic rings. The summed E-state index contributed by atoms with van der Waals surface area (Å²) in [4.78, 5) is 28.4. The molecule has 0 aliphatic carbocycles. The van der Waals surface area contributed by atoms with E-state index in [1.54, 1.807) is 49.4 Å². The molecule has 1 atom stereocenters. The Labute approximate surface area is 239 Å². The van der Waals surface area contributed by atoms with Crippen molar-refractivity contribution in [3.8, 4) is 5.75 Å². The minimum atomic E-state index is -4.16. The van der Waals surface area contributed by atoms with Crippen LogP contribution in [0.25, 0.3) is 0 Å². The van der Waals surface area contributed by atoms with Crippen molar-refractivity contribution in [1.29, 1.82) is 0 Å². The number of benzene rings is 3. The molecular weight excluding hydrogens is 582 g/mol. The Bertz CT molecular complexity index is 1370. The molecule has 2 amide bonds. The third kappa shape index (κ3) is 7.83. The Balaban J connectivity index is 2.02. The average molecular weight is 617 g/mol. The number of hydrogen-bond donors (Lipinski definition) is 1. The second-order valence-electron chi connectivity index (χ2n) is 8.97. The van der Waals surface area contributed by atoms with Gasteiger partial charge in [-0.2, -0.15) is 0 Å². The van der Waals surface area contributed by atoms with Crippen LogP contribution in [0.4, 0.5) is 5.69 Å². The number of hydrogen-bond acceptors (Lipinski definition) is 5. The number of ether oxygens (including phenoxy) is 1. The monoisotopic (exact) mass is 615 g/mol. The minimum Gasteiger partial charge on any atom is -0.495 e. The van der Waals surface area contributed by atoms with Crippen molar-refractivity contribution < 1.29 is 22.7 Å². The SMILES string of the molecule is CCCCNC(=O)[C@@H](C)N(Cc1cccc(Br)c1)C(=O)CN(c1ccccc1OC)S(=O)(=O)c1ccccc1. The van der Waals surface area contributed by atoms with Gasteiger partial charge in [0.2, 0.25) is 11.8 Å². The van der Waals surface area contributed by atoms with Crippen LogP contribution in [0.2, 0.25) is 0 Å². The van der Waals surface area contributed by atoms with Crippen molar-refractivity contribution in [2.45, 2.75) is 44.2 Å². The van der Waals surface area contributed by atoms with Crippen LogP contribution in [0.1, 0.15) is 32.3 Å². The fourth-order valence-corrected chi connectivity index (χ4v) is 5.91. The molecule has 10 heteroatoms. The van der Waals surface area contributed by atoms with E-state index >= 15 is 0 Å². The number of methoxy groups -OCH3 is 1. The van der Waals surface area contributed by atoms with Gasteiger partial charge in [0.15, 0.2) is 0 Å². The number of anilines is 1. The van der Waals surface area contributed by atoms with Gasteiger partial charge in [-0.15, -0.1) is 0 Å². The first kappa shape index (κ1) is 30.2. The first-order valence-corrected chi connectivity index (χ1v) is 14.9. The lowest BCUT2D eigenvalue weighted by Crippen LogP contribution is -2.51. The third-order valence-corrected chi connectivity index (χ3v) is 8.47. The highest BCUT2D eigenvalue weighted by Crippen LogP contribution is 2.32. The number of nitrogens with zero attached hydrogens (tertiary/aromatic N) is 2. The van der Waals surface area contributed by atoms with Crippen molar-refractivity contribution in [2.24, 2.45) is 0 Å². The van der Waals surface area contributed by atoms with Crippen LogP contribution in [0.3, 0.4) is 0 Å². The van der Waals surface area contributed by atoms with Crippen LogP contribution >= 0.6 is 15.9 Å². The Kier molecular flexibility index (Phi) is 10.9. The number of sulfonamides is 1. The van der Waals surface area contributed by atoms with Gasteiger partial charge in [0.05, 0.1) is 17.7 Å². The number of para-hydroxylation sites is 2. The van der Waals surface area contributed by atoms with E-state index in [9.17, 15) is 18.0 Å². The van der Waals surface area contributed by atoms with E-state index in [-0.39, 0.29) is 23.0 Å². The molecule has 0 spiro atoms. The molecule has 0 unspecified atom stereocenters. The van der Waals surface area contributed by atoms with Crippen molar-refractivity contribution in [3.63, 3.8) is 0 Å². The highest BCUT2D eigenvalue weighted by atomic mass is 79.9. The molecule has 1 N–H and O–H groups in total. The normalized spacial score (nSPS) is 11.9. The number of halogens is 1. The van der Waals surface area contributed by atoms with Crippen LogP contribution in [0, 0.1) is 0 Å². The topological polar surface area (TPSA) is 96.0 Å². The molecule has 0 radical (unpaired) electrons. The van der Waals surface area contributed by atoms with Gasteiger partial charge in [-0.25, -0.2) is 8.42 Å². The molecule has 0 heterocycles. The highest BCUT2D eigenvalue weighted by molar-refractivity contribution is 9.10. The van der Waals surface area contributed by atoms with Crippen LogP contribution in [0.5, 0.6) is 5.75 Å². The van der Waals surface area contributed by atoms with Gasteiger partial charge in [0.25, 0.3) is 10.0 Å². The second-order valence-corrected chi connectivity index (χ2v) is 11.7. The van der Waals surface area contributed by atoms with E-state index in [1.165, 1.54) is 24.1 Å². The largest absolute Gasteiger partial charge is 0.495 e. The Hall–Kier alpha value is -3.37. The van der Waals surface area contributed by atoms with Gasteiger partial charge >= 0.3 is 0 Å². The molecule has 208 valence electrons. The zero-order valence-corrected chi connectivity index (χ0v) is 24.7. The van der Waals surface area contributed by atoms with E-state index in [0.29, 0.717) is 12.3 Å². The maximum absolute atomic E-state index is 14.0. The van der Waals surface area contributed by atoms with Gasteiger partial charge in [0, 0.05) is 17.6 Å². The van der Waals surface area contributed by atoms with Crippen molar-refractivity contribution >= 4 is 43.5 Å². The summed E-state index contributed by atoms with van der Waals surface area (Å²) in [6.45, 7) is 3.76. The van der Waals surface area contributed by atoms with Crippen LogP contribution in [-0.2, 0) is 26.2 Å². The fourth-order valence-electron chi connectivity index (χ4n) is 4.02. The van der Waals surface area contributed by atoms with E-state index in [0.717, 1.165) is 27.2 Å². The third-order valence-electron chi connectivity index (χ3n) is 6.20. The molecule has 0 saturated carbocycles. The van der Waals surface area contributed by atoms with Crippen LogP contribution < -0.4 is 14.4 Å². The zero-order valence-electron chi connectivity index (χ0n) is 22.3. The number of amides is 2.